The molecule has 1 rings (SSSR count). The van der Waals surface area contributed by atoms with E-state index in [9.17, 15) is 4.79 Å². The summed E-state index contributed by atoms with van der Waals surface area (Å²) in [5.41, 5.74) is 0.811. The van der Waals surface area contributed by atoms with Gasteiger partial charge in [0.15, 0.2) is 0 Å². The van der Waals surface area contributed by atoms with Gasteiger partial charge in [-0.3, -0.25) is 9.36 Å². The molecule has 0 amide bonds. The molecule has 1 heterocycles. The third-order valence-corrected chi connectivity index (χ3v) is 3.20. The van der Waals surface area contributed by atoms with Gasteiger partial charge < -0.3 is 0 Å². The molecule has 3 nitrogen and oxygen atoms in total. The summed E-state index contributed by atoms with van der Waals surface area (Å²) in [4.78, 5) is 15.7. The zero-order valence-electron chi connectivity index (χ0n) is 7.26. The van der Waals surface area contributed by atoms with Crippen molar-refractivity contribution in [2.75, 3.05) is 5.88 Å². The van der Waals surface area contributed by atoms with Crippen molar-refractivity contribution >= 4 is 34.2 Å². The van der Waals surface area contributed by atoms with E-state index in [0.717, 1.165) is 12.1 Å². The summed E-state index contributed by atoms with van der Waals surface area (Å²) >= 11 is 7.55. The molecule has 0 unspecified atom stereocenters. The Bertz CT molecular complexity index is 350. The Balaban J connectivity index is 2.97. The number of nitrogens with zero attached hydrogens (tertiary/aromatic N) is 2. The van der Waals surface area contributed by atoms with Crippen LogP contribution in [0.25, 0.3) is 0 Å². The van der Waals surface area contributed by atoms with Gasteiger partial charge in [-0.15, -0.1) is 11.6 Å². The second-order valence-corrected chi connectivity index (χ2v) is 4.14. The molecule has 5 heteroatoms. The highest BCUT2D eigenvalue weighted by molar-refractivity contribution is 14.1. The van der Waals surface area contributed by atoms with Crippen molar-refractivity contribution < 1.29 is 0 Å². The van der Waals surface area contributed by atoms with Crippen LogP contribution < -0.4 is 5.56 Å². The largest absolute Gasteiger partial charge is 0.298 e. The average molecular weight is 313 g/mol. The van der Waals surface area contributed by atoms with Gasteiger partial charge in [0, 0.05) is 12.4 Å². The summed E-state index contributed by atoms with van der Waals surface area (Å²) in [6.45, 7) is 2.47. The molecule has 0 N–H and O–H groups in total. The van der Waals surface area contributed by atoms with Crippen molar-refractivity contribution in [3.63, 3.8) is 0 Å². The van der Waals surface area contributed by atoms with Crippen LogP contribution in [-0.2, 0) is 6.54 Å². The Labute approximate surface area is 95.3 Å². The molecular formula is C8H10ClIN2O. The van der Waals surface area contributed by atoms with Crippen molar-refractivity contribution in [3.8, 4) is 0 Å². The Hall–Kier alpha value is -0.100. The maximum absolute atomic E-state index is 11.6. The van der Waals surface area contributed by atoms with Crippen molar-refractivity contribution in [2.24, 2.45) is 0 Å². The summed E-state index contributed by atoms with van der Waals surface area (Å²) < 4.78 is 2.28. The molecular weight excluding hydrogens is 302 g/mol. The van der Waals surface area contributed by atoms with Crippen molar-refractivity contribution in [1.82, 2.24) is 9.55 Å². The number of alkyl halides is 1. The zero-order chi connectivity index (χ0) is 9.84. The highest BCUT2D eigenvalue weighted by atomic mass is 127. The molecule has 0 atom stereocenters. The molecule has 0 aromatic carbocycles. The van der Waals surface area contributed by atoms with E-state index < -0.39 is 0 Å². The molecule has 0 aliphatic rings. The van der Waals surface area contributed by atoms with Gasteiger partial charge in [-0.1, -0.05) is 0 Å². The number of hydrogen-bond acceptors (Lipinski definition) is 2. The topological polar surface area (TPSA) is 34.9 Å². The SMILES string of the molecule is Cc1ncn(CCCCl)c(=O)c1I. The Morgan fingerprint density at radius 2 is 2.38 bits per heavy atom. The van der Waals surface area contributed by atoms with Crippen LogP contribution in [-0.4, -0.2) is 15.4 Å². The minimum absolute atomic E-state index is 0.0261. The third kappa shape index (κ3) is 2.67. The van der Waals surface area contributed by atoms with Crippen LogP contribution in [0.3, 0.4) is 0 Å². The summed E-state index contributed by atoms with van der Waals surface area (Å²) in [5, 5.41) is 0. The maximum atomic E-state index is 11.6. The van der Waals surface area contributed by atoms with E-state index >= 15 is 0 Å². The fourth-order valence-corrected chi connectivity index (χ4v) is 1.50. The Kier molecular flexibility index (Phi) is 4.18. The van der Waals surface area contributed by atoms with Gasteiger partial charge in [-0.25, -0.2) is 4.98 Å². The lowest BCUT2D eigenvalue weighted by Crippen LogP contribution is -2.24. The quantitative estimate of drug-likeness (QED) is 0.630. The summed E-state index contributed by atoms with van der Waals surface area (Å²) in [7, 11) is 0. The standard InChI is InChI=1S/C8H10ClIN2O/c1-6-7(10)8(13)12(5-11-6)4-2-3-9/h5H,2-4H2,1H3. The highest BCUT2D eigenvalue weighted by Gasteiger charge is 2.03. The fourth-order valence-electron chi connectivity index (χ4n) is 0.936. The molecule has 0 saturated carbocycles. The minimum Gasteiger partial charge on any atom is -0.298 e. The minimum atomic E-state index is 0.0261. The van der Waals surface area contributed by atoms with Crippen molar-refractivity contribution in [2.45, 2.75) is 19.9 Å². The van der Waals surface area contributed by atoms with E-state index in [0.29, 0.717) is 16.0 Å². The lowest BCUT2D eigenvalue weighted by atomic mass is 10.4. The van der Waals surface area contributed by atoms with Crippen LogP contribution >= 0.6 is 34.2 Å². The summed E-state index contributed by atoms with van der Waals surface area (Å²) in [6, 6.07) is 0. The van der Waals surface area contributed by atoms with E-state index in [4.69, 9.17) is 11.6 Å². The predicted octanol–water partition coefficient (Wildman–Crippen LogP) is 1.79. The van der Waals surface area contributed by atoms with E-state index in [1.165, 1.54) is 0 Å². The van der Waals surface area contributed by atoms with Gasteiger partial charge in [0.05, 0.1) is 15.6 Å². The predicted molar refractivity (Wildman–Crippen MR) is 61.3 cm³/mol. The lowest BCUT2D eigenvalue weighted by Gasteiger charge is -2.04. The van der Waals surface area contributed by atoms with E-state index in [1.807, 2.05) is 29.5 Å². The molecule has 0 spiro atoms. The molecule has 0 saturated heterocycles. The number of rotatable bonds is 3. The van der Waals surface area contributed by atoms with Crippen molar-refractivity contribution in [3.05, 3.63) is 25.9 Å². The van der Waals surface area contributed by atoms with Gasteiger partial charge in [0.25, 0.3) is 5.56 Å². The number of hydrogen-bond donors (Lipinski definition) is 0. The second kappa shape index (κ2) is 4.95. The maximum Gasteiger partial charge on any atom is 0.266 e. The van der Waals surface area contributed by atoms with Crippen molar-refractivity contribution in [1.29, 1.82) is 0 Å². The van der Waals surface area contributed by atoms with E-state index in [-0.39, 0.29) is 5.56 Å². The molecule has 0 radical (unpaired) electrons. The van der Waals surface area contributed by atoms with Crippen LogP contribution in [0.5, 0.6) is 0 Å². The Morgan fingerprint density at radius 1 is 1.69 bits per heavy atom. The first-order valence-electron chi connectivity index (χ1n) is 3.94. The van der Waals surface area contributed by atoms with Crippen LogP contribution in [0.1, 0.15) is 12.1 Å². The van der Waals surface area contributed by atoms with Crippen LogP contribution in [0, 0.1) is 10.5 Å². The number of halogens is 2. The highest BCUT2D eigenvalue weighted by Crippen LogP contribution is 2.01. The molecule has 0 aliphatic heterocycles. The van der Waals surface area contributed by atoms with Crippen LogP contribution in [0.2, 0.25) is 0 Å². The first-order valence-corrected chi connectivity index (χ1v) is 5.55. The van der Waals surface area contributed by atoms with Gasteiger partial charge in [-0.2, -0.15) is 0 Å². The smallest absolute Gasteiger partial charge is 0.266 e. The first kappa shape index (κ1) is 11.0. The molecule has 0 fully saturated rings. The lowest BCUT2D eigenvalue weighted by molar-refractivity contribution is 0.636. The van der Waals surface area contributed by atoms with Gasteiger partial charge in [0.1, 0.15) is 0 Å². The normalized spacial score (nSPS) is 10.4. The van der Waals surface area contributed by atoms with Crippen LogP contribution in [0.15, 0.2) is 11.1 Å². The fraction of sp³-hybridized carbons (Fsp3) is 0.500. The molecule has 13 heavy (non-hydrogen) atoms. The molecule has 1 aromatic rings. The first-order chi connectivity index (χ1) is 6.16. The van der Waals surface area contributed by atoms with Gasteiger partial charge >= 0.3 is 0 Å². The molecule has 0 aliphatic carbocycles. The van der Waals surface area contributed by atoms with E-state index in [1.54, 1.807) is 10.9 Å². The summed E-state index contributed by atoms with van der Waals surface area (Å²) in [5.74, 6) is 0.566. The monoisotopic (exact) mass is 312 g/mol. The average Bonchev–Trinajstić information content (AvgIpc) is 2.13. The summed E-state index contributed by atoms with van der Waals surface area (Å²) in [6.07, 6.45) is 2.37. The third-order valence-electron chi connectivity index (χ3n) is 1.69. The zero-order valence-corrected chi connectivity index (χ0v) is 10.2. The Morgan fingerprint density at radius 3 is 3.00 bits per heavy atom. The second-order valence-electron chi connectivity index (χ2n) is 2.69. The van der Waals surface area contributed by atoms with E-state index in [2.05, 4.69) is 4.98 Å². The van der Waals surface area contributed by atoms with Crippen LogP contribution in [0.4, 0.5) is 0 Å². The molecule has 72 valence electrons. The van der Waals surface area contributed by atoms with Gasteiger partial charge in [0.2, 0.25) is 0 Å². The molecule has 0 bridgehead atoms. The molecule has 1 aromatic heterocycles. The van der Waals surface area contributed by atoms with Gasteiger partial charge in [-0.05, 0) is 35.9 Å². The number of aromatic nitrogens is 2. The number of aryl methyl sites for hydroxylation is 2.